The number of hydrogen-bond acceptors (Lipinski definition) is 2. The number of amides is 1. The van der Waals surface area contributed by atoms with E-state index in [2.05, 4.69) is 19.2 Å². The van der Waals surface area contributed by atoms with Crippen LogP contribution in [0.3, 0.4) is 0 Å². The van der Waals surface area contributed by atoms with Crippen LogP contribution in [0.4, 0.5) is 5.69 Å². The predicted molar refractivity (Wildman–Crippen MR) is 83.4 cm³/mol. The number of rotatable bonds is 4. The van der Waals surface area contributed by atoms with E-state index in [0.29, 0.717) is 17.9 Å². The first-order valence-electron chi connectivity index (χ1n) is 7.58. The van der Waals surface area contributed by atoms with Crippen LogP contribution < -0.4 is 11.1 Å². The lowest BCUT2D eigenvalue weighted by molar-refractivity contribution is -0.122. The molecule has 1 aliphatic carbocycles. The van der Waals surface area contributed by atoms with Gasteiger partial charge in [0.15, 0.2) is 0 Å². The van der Waals surface area contributed by atoms with E-state index in [4.69, 9.17) is 5.73 Å². The fraction of sp³-hybridized carbons (Fsp3) is 0.588. The van der Waals surface area contributed by atoms with Crippen molar-refractivity contribution in [3.63, 3.8) is 0 Å². The fourth-order valence-electron chi connectivity index (χ4n) is 2.85. The highest BCUT2D eigenvalue weighted by Gasteiger charge is 2.27. The van der Waals surface area contributed by atoms with Crippen molar-refractivity contribution in [1.82, 2.24) is 5.32 Å². The van der Waals surface area contributed by atoms with Crippen molar-refractivity contribution < 1.29 is 4.79 Å². The highest BCUT2D eigenvalue weighted by Crippen LogP contribution is 2.34. The third-order valence-corrected chi connectivity index (χ3v) is 4.30. The van der Waals surface area contributed by atoms with Gasteiger partial charge < -0.3 is 11.1 Å². The molecule has 0 atom stereocenters. The normalized spacial score (nSPS) is 18.7. The van der Waals surface area contributed by atoms with Gasteiger partial charge in [0, 0.05) is 18.2 Å². The van der Waals surface area contributed by atoms with Crippen LogP contribution in [0.5, 0.6) is 0 Å². The molecule has 0 unspecified atom stereocenters. The number of nitrogens with one attached hydrogen (secondary N) is 1. The Hall–Kier alpha value is -1.51. The van der Waals surface area contributed by atoms with Crippen molar-refractivity contribution in [3.05, 3.63) is 29.8 Å². The van der Waals surface area contributed by atoms with Gasteiger partial charge in [0.2, 0.25) is 5.91 Å². The SMILES string of the molecule is CC1(C)CCC(NC(=O)CCc2cccc(N)c2)CC1. The topological polar surface area (TPSA) is 55.1 Å². The number of benzene rings is 1. The van der Waals surface area contributed by atoms with Gasteiger partial charge in [-0.15, -0.1) is 0 Å². The zero-order valence-corrected chi connectivity index (χ0v) is 12.6. The van der Waals surface area contributed by atoms with Gasteiger partial charge in [0.25, 0.3) is 0 Å². The van der Waals surface area contributed by atoms with Crippen molar-refractivity contribution >= 4 is 11.6 Å². The van der Waals surface area contributed by atoms with Crippen LogP contribution in [0.1, 0.15) is 51.5 Å². The molecule has 1 amide bonds. The summed E-state index contributed by atoms with van der Waals surface area (Å²) < 4.78 is 0. The summed E-state index contributed by atoms with van der Waals surface area (Å²) in [5.41, 5.74) is 8.08. The maximum absolute atomic E-state index is 12.0. The Morgan fingerprint density at radius 2 is 2.05 bits per heavy atom. The van der Waals surface area contributed by atoms with Crippen LogP contribution in [-0.4, -0.2) is 11.9 Å². The van der Waals surface area contributed by atoms with Gasteiger partial charge >= 0.3 is 0 Å². The lowest BCUT2D eigenvalue weighted by atomic mass is 9.75. The third-order valence-electron chi connectivity index (χ3n) is 4.30. The van der Waals surface area contributed by atoms with Crippen LogP contribution in [0.25, 0.3) is 0 Å². The van der Waals surface area contributed by atoms with E-state index in [1.807, 2.05) is 24.3 Å². The number of anilines is 1. The van der Waals surface area contributed by atoms with Gasteiger partial charge in [-0.1, -0.05) is 26.0 Å². The molecule has 1 saturated carbocycles. The van der Waals surface area contributed by atoms with Crippen molar-refractivity contribution in [2.24, 2.45) is 5.41 Å². The molecule has 0 aliphatic heterocycles. The number of nitrogens with two attached hydrogens (primary N) is 1. The molecule has 3 N–H and O–H groups in total. The van der Waals surface area contributed by atoms with E-state index >= 15 is 0 Å². The molecule has 110 valence electrons. The molecule has 0 heterocycles. The van der Waals surface area contributed by atoms with E-state index < -0.39 is 0 Å². The molecule has 1 aliphatic rings. The van der Waals surface area contributed by atoms with Crippen LogP contribution in [0, 0.1) is 5.41 Å². The second kappa shape index (κ2) is 6.29. The average molecular weight is 274 g/mol. The van der Waals surface area contributed by atoms with Crippen molar-refractivity contribution in [3.8, 4) is 0 Å². The Bertz CT molecular complexity index is 458. The Morgan fingerprint density at radius 3 is 2.70 bits per heavy atom. The zero-order valence-electron chi connectivity index (χ0n) is 12.6. The molecule has 0 spiro atoms. The van der Waals surface area contributed by atoms with E-state index in [1.165, 1.54) is 12.8 Å². The van der Waals surface area contributed by atoms with Crippen LogP contribution in [0.15, 0.2) is 24.3 Å². The minimum atomic E-state index is 0.164. The van der Waals surface area contributed by atoms with Gasteiger partial charge in [0.1, 0.15) is 0 Å². The summed E-state index contributed by atoms with van der Waals surface area (Å²) in [6.45, 7) is 4.62. The predicted octanol–water partition coefficient (Wildman–Crippen LogP) is 3.29. The molecule has 2 rings (SSSR count). The number of carbonyl (C=O) groups is 1. The monoisotopic (exact) mass is 274 g/mol. The Kier molecular flexibility index (Phi) is 4.69. The molecular formula is C17H26N2O. The minimum Gasteiger partial charge on any atom is -0.399 e. The molecule has 0 radical (unpaired) electrons. The second-order valence-corrected chi connectivity index (χ2v) is 6.75. The smallest absolute Gasteiger partial charge is 0.220 e. The van der Waals surface area contributed by atoms with Crippen LogP contribution >= 0.6 is 0 Å². The third kappa shape index (κ3) is 4.55. The Balaban J connectivity index is 1.73. The van der Waals surface area contributed by atoms with Crippen LogP contribution in [-0.2, 0) is 11.2 Å². The first-order chi connectivity index (χ1) is 9.44. The molecule has 0 saturated heterocycles. The summed E-state index contributed by atoms with van der Waals surface area (Å²) in [5, 5.41) is 3.17. The molecular weight excluding hydrogens is 248 g/mol. The Labute approximate surface area is 121 Å². The quantitative estimate of drug-likeness (QED) is 0.828. The molecule has 1 aromatic carbocycles. The highest BCUT2D eigenvalue weighted by atomic mass is 16.1. The first kappa shape index (κ1) is 14.9. The molecule has 20 heavy (non-hydrogen) atoms. The summed E-state index contributed by atoms with van der Waals surface area (Å²) in [7, 11) is 0. The second-order valence-electron chi connectivity index (χ2n) is 6.75. The van der Waals surface area contributed by atoms with Gasteiger partial charge in [0.05, 0.1) is 0 Å². The standard InChI is InChI=1S/C17H26N2O/c1-17(2)10-8-15(9-11-17)19-16(20)7-6-13-4-3-5-14(18)12-13/h3-5,12,15H,6-11,18H2,1-2H3,(H,19,20). The van der Waals surface area contributed by atoms with Crippen molar-refractivity contribution in [1.29, 1.82) is 0 Å². The van der Waals surface area contributed by atoms with E-state index in [1.54, 1.807) is 0 Å². The summed E-state index contributed by atoms with van der Waals surface area (Å²) in [6.07, 6.45) is 5.92. The lowest BCUT2D eigenvalue weighted by Gasteiger charge is -2.34. The van der Waals surface area contributed by atoms with E-state index in [9.17, 15) is 4.79 Å². The van der Waals surface area contributed by atoms with Crippen molar-refractivity contribution in [2.75, 3.05) is 5.73 Å². The molecule has 3 nitrogen and oxygen atoms in total. The molecule has 3 heteroatoms. The van der Waals surface area contributed by atoms with Gasteiger partial charge in [-0.2, -0.15) is 0 Å². The Morgan fingerprint density at radius 1 is 1.35 bits per heavy atom. The fourth-order valence-corrected chi connectivity index (χ4v) is 2.85. The average Bonchev–Trinajstić information content (AvgIpc) is 2.39. The number of hydrogen-bond donors (Lipinski definition) is 2. The number of nitrogen functional groups attached to an aromatic ring is 1. The molecule has 1 aromatic rings. The van der Waals surface area contributed by atoms with Crippen molar-refractivity contribution in [2.45, 2.75) is 58.4 Å². The summed E-state index contributed by atoms with van der Waals surface area (Å²) in [5.74, 6) is 0.164. The van der Waals surface area contributed by atoms with Gasteiger partial charge in [-0.05, 0) is 55.2 Å². The largest absolute Gasteiger partial charge is 0.399 e. The highest BCUT2D eigenvalue weighted by molar-refractivity contribution is 5.76. The van der Waals surface area contributed by atoms with Gasteiger partial charge in [-0.3, -0.25) is 4.79 Å². The molecule has 0 aromatic heterocycles. The maximum atomic E-state index is 12.0. The maximum Gasteiger partial charge on any atom is 0.220 e. The lowest BCUT2D eigenvalue weighted by Crippen LogP contribution is -2.39. The molecule has 1 fully saturated rings. The minimum absolute atomic E-state index is 0.164. The van der Waals surface area contributed by atoms with E-state index in [-0.39, 0.29) is 5.91 Å². The summed E-state index contributed by atoms with van der Waals surface area (Å²) in [4.78, 5) is 12.0. The summed E-state index contributed by atoms with van der Waals surface area (Å²) in [6, 6.07) is 8.14. The van der Waals surface area contributed by atoms with E-state index in [0.717, 1.165) is 30.5 Å². The number of aryl methyl sites for hydroxylation is 1. The summed E-state index contributed by atoms with van der Waals surface area (Å²) >= 11 is 0. The number of carbonyl (C=O) groups excluding carboxylic acids is 1. The zero-order chi connectivity index (χ0) is 14.6. The first-order valence-corrected chi connectivity index (χ1v) is 7.58. The van der Waals surface area contributed by atoms with Gasteiger partial charge in [-0.25, -0.2) is 0 Å². The molecule has 0 bridgehead atoms. The van der Waals surface area contributed by atoms with Crippen LogP contribution in [0.2, 0.25) is 0 Å².